The zero-order valence-corrected chi connectivity index (χ0v) is 14.2. The van der Waals surface area contributed by atoms with Gasteiger partial charge in [-0.2, -0.15) is 4.37 Å². The number of ketones is 1. The molecular weight excluding hydrogens is 356 g/mol. The Morgan fingerprint density at radius 2 is 2.08 bits per heavy atom. The summed E-state index contributed by atoms with van der Waals surface area (Å²) in [5.74, 6) is -2.21. The largest absolute Gasteiger partial charge is 0.469 e. The number of Topliss-reactive ketones (excluding diaryl/α,β-unsaturated/α-hetero) is 1. The second-order valence-corrected chi connectivity index (χ2v) is 5.96. The summed E-state index contributed by atoms with van der Waals surface area (Å²) < 4.78 is 9.27. The van der Waals surface area contributed by atoms with Crippen molar-refractivity contribution in [2.45, 2.75) is 12.5 Å². The lowest BCUT2D eigenvalue weighted by atomic mass is 10.1. The predicted octanol–water partition coefficient (Wildman–Crippen LogP) is 1.19. The molecule has 0 radical (unpaired) electrons. The van der Waals surface area contributed by atoms with Crippen LogP contribution in [0.3, 0.4) is 0 Å². The van der Waals surface area contributed by atoms with Crippen LogP contribution in [0.4, 0.5) is 0 Å². The summed E-state index contributed by atoms with van der Waals surface area (Å²) in [6.45, 7) is 0. The van der Waals surface area contributed by atoms with Crippen LogP contribution >= 0.6 is 11.5 Å². The standard InChI is InChI=1S/C17H14N4O4S/c18-16(23)15(22)13(8-10-4-3-7-25-10)20-17(24)14-11(9-26-21-14)12-5-1-2-6-19-12/h1-7,9,13H,8H2,(H2,18,23)(H,20,24). The summed E-state index contributed by atoms with van der Waals surface area (Å²) in [6.07, 6.45) is 3.04. The van der Waals surface area contributed by atoms with Crippen molar-refractivity contribution in [3.63, 3.8) is 0 Å². The fourth-order valence-corrected chi connectivity index (χ4v) is 3.02. The molecule has 3 N–H and O–H groups in total. The SMILES string of the molecule is NC(=O)C(=O)C(Cc1ccco1)NC(=O)c1nscc1-c1ccccn1. The maximum Gasteiger partial charge on any atom is 0.287 e. The molecule has 3 heterocycles. The lowest BCUT2D eigenvalue weighted by Crippen LogP contribution is -2.47. The number of aromatic nitrogens is 2. The van der Waals surface area contributed by atoms with E-state index in [0.717, 1.165) is 11.5 Å². The smallest absolute Gasteiger partial charge is 0.287 e. The fraction of sp³-hybridized carbons (Fsp3) is 0.118. The van der Waals surface area contributed by atoms with Crippen LogP contribution in [0.1, 0.15) is 16.2 Å². The number of furan rings is 1. The van der Waals surface area contributed by atoms with Gasteiger partial charge in [-0.05, 0) is 35.8 Å². The molecule has 9 heteroatoms. The molecule has 0 spiro atoms. The number of nitrogens with one attached hydrogen (secondary N) is 1. The van der Waals surface area contributed by atoms with E-state index in [-0.39, 0.29) is 12.1 Å². The lowest BCUT2D eigenvalue weighted by Gasteiger charge is -2.14. The maximum absolute atomic E-state index is 12.6. The number of nitrogens with zero attached hydrogens (tertiary/aromatic N) is 2. The van der Waals surface area contributed by atoms with Gasteiger partial charge in [-0.3, -0.25) is 19.4 Å². The Morgan fingerprint density at radius 1 is 1.23 bits per heavy atom. The molecule has 0 saturated carbocycles. The summed E-state index contributed by atoms with van der Waals surface area (Å²) in [6, 6.07) is 7.42. The van der Waals surface area contributed by atoms with Crippen LogP contribution < -0.4 is 11.1 Å². The molecule has 3 aromatic rings. The first kappa shape index (κ1) is 17.5. The Kier molecular flexibility index (Phi) is 5.18. The first-order valence-electron chi connectivity index (χ1n) is 7.59. The van der Waals surface area contributed by atoms with E-state index in [2.05, 4.69) is 14.7 Å². The number of carbonyl (C=O) groups is 3. The van der Waals surface area contributed by atoms with E-state index >= 15 is 0 Å². The van der Waals surface area contributed by atoms with Crippen LogP contribution in [-0.2, 0) is 16.0 Å². The molecule has 0 saturated heterocycles. The number of pyridine rings is 1. The number of nitrogens with two attached hydrogens (primary N) is 1. The normalized spacial score (nSPS) is 11.7. The van der Waals surface area contributed by atoms with Crippen molar-refractivity contribution in [1.82, 2.24) is 14.7 Å². The molecule has 3 rings (SSSR count). The minimum Gasteiger partial charge on any atom is -0.469 e. The molecule has 0 aliphatic carbocycles. The Morgan fingerprint density at radius 3 is 2.73 bits per heavy atom. The van der Waals surface area contributed by atoms with Crippen molar-refractivity contribution in [1.29, 1.82) is 0 Å². The van der Waals surface area contributed by atoms with E-state index < -0.39 is 23.6 Å². The molecule has 1 atom stereocenters. The highest BCUT2D eigenvalue weighted by atomic mass is 32.1. The third kappa shape index (κ3) is 3.83. The van der Waals surface area contributed by atoms with Crippen LogP contribution in [0.25, 0.3) is 11.3 Å². The van der Waals surface area contributed by atoms with Crippen molar-refractivity contribution in [2.24, 2.45) is 5.73 Å². The summed E-state index contributed by atoms with van der Waals surface area (Å²) in [7, 11) is 0. The highest BCUT2D eigenvalue weighted by Crippen LogP contribution is 2.23. The number of carbonyl (C=O) groups excluding carboxylic acids is 3. The molecule has 3 aromatic heterocycles. The molecule has 132 valence electrons. The number of hydrogen-bond donors (Lipinski definition) is 2. The fourth-order valence-electron chi connectivity index (χ4n) is 2.34. The van der Waals surface area contributed by atoms with Gasteiger partial charge in [0.1, 0.15) is 11.8 Å². The number of amides is 2. The molecule has 1 unspecified atom stereocenters. The Labute approximate surface area is 152 Å². The van der Waals surface area contributed by atoms with E-state index in [1.54, 1.807) is 41.9 Å². The van der Waals surface area contributed by atoms with E-state index in [4.69, 9.17) is 10.2 Å². The van der Waals surface area contributed by atoms with Crippen molar-refractivity contribution in [3.05, 3.63) is 59.6 Å². The summed E-state index contributed by atoms with van der Waals surface area (Å²) in [4.78, 5) is 40.2. The average molecular weight is 370 g/mol. The third-order valence-electron chi connectivity index (χ3n) is 3.58. The summed E-state index contributed by atoms with van der Waals surface area (Å²) in [5.41, 5.74) is 6.33. The minimum absolute atomic E-state index is 0.00354. The van der Waals surface area contributed by atoms with Gasteiger partial charge in [0.05, 0.1) is 12.0 Å². The van der Waals surface area contributed by atoms with E-state index in [1.165, 1.54) is 6.26 Å². The van der Waals surface area contributed by atoms with Crippen molar-refractivity contribution in [2.75, 3.05) is 0 Å². The van der Waals surface area contributed by atoms with Gasteiger partial charge in [0, 0.05) is 23.6 Å². The van der Waals surface area contributed by atoms with Gasteiger partial charge in [0.2, 0.25) is 5.78 Å². The van der Waals surface area contributed by atoms with Crippen molar-refractivity contribution in [3.8, 4) is 11.3 Å². The molecular formula is C17H14N4O4S. The van der Waals surface area contributed by atoms with Crippen LogP contribution in [0.5, 0.6) is 0 Å². The molecule has 8 nitrogen and oxygen atoms in total. The third-order valence-corrected chi connectivity index (χ3v) is 4.20. The van der Waals surface area contributed by atoms with Gasteiger partial charge in [0.25, 0.3) is 11.8 Å². The van der Waals surface area contributed by atoms with Crippen LogP contribution in [0.2, 0.25) is 0 Å². The zero-order chi connectivity index (χ0) is 18.5. The van der Waals surface area contributed by atoms with E-state index in [0.29, 0.717) is 17.0 Å². The molecule has 0 aliphatic rings. The minimum atomic E-state index is -1.15. The zero-order valence-electron chi connectivity index (χ0n) is 13.4. The monoisotopic (exact) mass is 370 g/mol. The first-order valence-corrected chi connectivity index (χ1v) is 8.42. The summed E-state index contributed by atoms with van der Waals surface area (Å²) in [5, 5.41) is 4.21. The predicted molar refractivity (Wildman–Crippen MR) is 93.2 cm³/mol. The number of hydrogen-bond acceptors (Lipinski definition) is 7. The van der Waals surface area contributed by atoms with Gasteiger partial charge in [-0.1, -0.05) is 6.07 Å². The quantitative estimate of drug-likeness (QED) is 0.601. The highest BCUT2D eigenvalue weighted by Gasteiger charge is 2.28. The second-order valence-electron chi connectivity index (χ2n) is 5.33. The highest BCUT2D eigenvalue weighted by molar-refractivity contribution is 7.04. The maximum atomic E-state index is 12.6. The van der Waals surface area contributed by atoms with Crippen LogP contribution in [0, 0.1) is 0 Å². The number of rotatable bonds is 7. The average Bonchev–Trinajstić information content (AvgIpc) is 3.32. The Bertz CT molecular complexity index is 921. The second kappa shape index (κ2) is 7.70. The molecule has 2 amide bonds. The van der Waals surface area contributed by atoms with E-state index in [1.807, 2.05) is 0 Å². The first-order chi connectivity index (χ1) is 12.6. The Hall–Kier alpha value is -3.33. The van der Waals surface area contributed by atoms with Gasteiger partial charge < -0.3 is 15.5 Å². The molecule has 0 aliphatic heterocycles. The summed E-state index contributed by atoms with van der Waals surface area (Å²) >= 11 is 1.09. The lowest BCUT2D eigenvalue weighted by molar-refractivity contribution is -0.137. The Balaban J connectivity index is 1.83. The van der Waals surface area contributed by atoms with Crippen LogP contribution in [0.15, 0.2) is 52.6 Å². The molecule has 0 bridgehead atoms. The van der Waals surface area contributed by atoms with Crippen molar-refractivity contribution >= 4 is 29.1 Å². The van der Waals surface area contributed by atoms with Crippen molar-refractivity contribution < 1.29 is 18.8 Å². The topological polar surface area (TPSA) is 128 Å². The van der Waals surface area contributed by atoms with Gasteiger partial charge in [0.15, 0.2) is 5.69 Å². The van der Waals surface area contributed by atoms with Crippen LogP contribution in [-0.4, -0.2) is 33.0 Å². The molecule has 26 heavy (non-hydrogen) atoms. The molecule has 0 fully saturated rings. The van der Waals surface area contributed by atoms with Gasteiger partial charge in [-0.25, -0.2) is 0 Å². The molecule has 0 aromatic carbocycles. The van der Waals surface area contributed by atoms with E-state index in [9.17, 15) is 14.4 Å². The van der Waals surface area contributed by atoms with Gasteiger partial charge in [-0.15, -0.1) is 0 Å². The number of primary amides is 1. The van der Waals surface area contributed by atoms with Gasteiger partial charge >= 0.3 is 0 Å².